The third kappa shape index (κ3) is 0.929. The first kappa shape index (κ1) is 6.47. The number of nitrogens with zero attached hydrogens (tertiary/aromatic N) is 1. The minimum absolute atomic E-state index is 0.463. The van der Waals surface area contributed by atoms with Crippen molar-refractivity contribution in [3.63, 3.8) is 0 Å². The van der Waals surface area contributed by atoms with E-state index in [-0.39, 0.29) is 0 Å². The second-order valence-corrected chi connectivity index (χ2v) is 2.78. The van der Waals surface area contributed by atoms with E-state index in [9.17, 15) is 0 Å². The standard InChI is InChI=1S/C10H11N/c1-2-9-5-3-6-10-7-4-8-11(9)10/h2-4,6-9H,1,5H2. The van der Waals surface area contributed by atoms with Crippen molar-refractivity contribution < 1.29 is 0 Å². The number of hydrogen-bond donors (Lipinski definition) is 0. The summed E-state index contributed by atoms with van der Waals surface area (Å²) in [5.74, 6) is 0. The van der Waals surface area contributed by atoms with Gasteiger partial charge in [0.1, 0.15) is 0 Å². The molecule has 0 spiro atoms. The van der Waals surface area contributed by atoms with Gasteiger partial charge in [-0.05, 0) is 24.6 Å². The van der Waals surface area contributed by atoms with Crippen LogP contribution in [0.15, 0.2) is 37.1 Å². The largest absolute Gasteiger partial charge is 0.341 e. The summed E-state index contributed by atoms with van der Waals surface area (Å²) in [5.41, 5.74) is 1.28. The summed E-state index contributed by atoms with van der Waals surface area (Å²) in [7, 11) is 0. The molecule has 1 heteroatoms. The second-order valence-electron chi connectivity index (χ2n) is 2.78. The third-order valence-electron chi connectivity index (χ3n) is 2.11. The van der Waals surface area contributed by atoms with Gasteiger partial charge in [0.25, 0.3) is 0 Å². The fraction of sp³-hybridized carbons (Fsp3) is 0.200. The normalized spacial score (nSPS) is 21.3. The minimum atomic E-state index is 0.463. The van der Waals surface area contributed by atoms with Crippen molar-refractivity contribution in [3.8, 4) is 0 Å². The van der Waals surface area contributed by atoms with E-state index < -0.39 is 0 Å². The topological polar surface area (TPSA) is 4.93 Å². The summed E-state index contributed by atoms with van der Waals surface area (Å²) in [6.07, 6.45) is 9.52. The second kappa shape index (κ2) is 2.42. The Morgan fingerprint density at radius 1 is 1.64 bits per heavy atom. The molecule has 0 N–H and O–H groups in total. The van der Waals surface area contributed by atoms with Crippen LogP contribution >= 0.6 is 0 Å². The van der Waals surface area contributed by atoms with Crippen LogP contribution in [-0.2, 0) is 0 Å². The lowest BCUT2D eigenvalue weighted by Gasteiger charge is -2.18. The molecule has 1 aromatic rings. The van der Waals surface area contributed by atoms with Gasteiger partial charge < -0.3 is 4.57 Å². The van der Waals surface area contributed by atoms with Crippen LogP contribution < -0.4 is 0 Å². The number of hydrogen-bond acceptors (Lipinski definition) is 0. The van der Waals surface area contributed by atoms with E-state index in [4.69, 9.17) is 0 Å². The molecule has 0 fully saturated rings. The van der Waals surface area contributed by atoms with Gasteiger partial charge in [-0.25, -0.2) is 0 Å². The van der Waals surface area contributed by atoms with Crippen LogP contribution in [0.5, 0.6) is 0 Å². The van der Waals surface area contributed by atoms with Crippen LogP contribution in [0.3, 0.4) is 0 Å². The van der Waals surface area contributed by atoms with Crippen molar-refractivity contribution in [2.45, 2.75) is 12.5 Å². The molecular weight excluding hydrogens is 134 g/mol. The summed E-state index contributed by atoms with van der Waals surface area (Å²) < 4.78 is 2.24. The molecule has 1 unspecified atom stereocenters. The van der Waals surface area contributed by atoms with Gasteiger partial charge in [-0.1, -0.05) is 12.2 Å². The molecule has 2 heterocycles. The van der Waals surface area contributed by atoms with Crippen molar-refractivity contribution in [2.75, 3.05) is 0 Å². The van der Waals surface area contributed by atoms with Gasteiger partial charge in [0, 0.05) is 11.9 Å². The SMILES string of the molecule is C=CC1CC=Cc2cccn21. The Morgan fingerprint density at radius 3 is 3.36 bits per heavy atom. The smallest absolute Gasteiger partial charge is 0.0548 e. The Balaban J connectivity index is 2.48. The molecule has 56 valence electrons. The van der Waals surface area contributed by atoms with Gasteiger partial charge in [-0.15, -0.1) is 6.58 Å². The van der Waals surface area contributed by atoms with E-state index in [0.29, 0.717) is 6.04 Å². The molecule has 1 atom stereocenters. The van der Waals surface area contributed by atoms with E-state index in [0.717, 1.165) is 6.42 Å². The van der Waals surface area contributed by atoms with Crippen molar-refractivity contribution in [1.29, 1.82) is 0 Å². The van der Waals surface area contributed by atoms with E-state index >= 15 is 0 Å². The molecule has 1 nitrogen and oxygen atoms in total. The predicted octanol–water partition coefficient (Wildman–Crippen LogP) is 2.63. The van der Waals surface area contributed by atoms with Crippen molar-refractivity contribution >= 4 is 6.08 Å². The van der Waals surface area contributed by atoms with Gasteiger partial charge in [-0.2, -0.15) is 0 Å². The summed E-state index contributed by atoms with van der Waals surface area (Å²) in [4.78, 5) is 0. The predicted molar refractivity (Wildman–Crippen MR) is 47.3 cm³/mol. The van der Waals surface area contributed by atoms with Crippen LogP contribution in [0.1, 0.15) is 18.2 Å². The first-order valence-corrected chi connectivity index (χ1v) is 3.88. The minimum Gasteiger partial charge on any atom is -0.341 e. The Morgan fingerprint density at radius 2 is 2.55 bits per heavy atom. The average molecular weight is 145 g/mol. The van der Waals surface area contributed by atoms with Crippen LogP contribution in [0, 0.1) is 0 Å². The summed E-state index contributed by atoms with van der Waals surface area (Å²) in [6, 6.07) is 4.65. The number of fused-ring (bicyclic) bond motifs is 1. The molecular formula is C10H11N. The molecule has 1 aliphatic rings. The van der Waals surface area contributed by atoms with Gasteiger partial charge in [-0.3, -0.25) is 0 Å². The van der Waals surface area contributed by atoms with Crippen molar-refractivity contribution in [3.05, 3.63) is 42.8 Å². The number of aromatic nitrogens is 1. The van der Waals surface area contributed by atoms with Crippen molar-refractivity contribution in [2.24, 2.45) is 0 Å². The Bertz CT molecular complexity index is 294. The van der Waals surface area contributed by atoms with Gasteiger partial charge in [0.15, 0.2) is 0 Å². The highest BCUT2D eigenvalue weighted by atomic mass is 15.0. The lowest BCUT2D eigenvalue weighted by molar-refractivity contribution is 0.603. The average Bonchev–Trinajstić information content (AvgIpc) is 2.50. The Hall–Kier alpha value is -1.24. The molecule has 0 saturated heterocycles. The van der Waals surface area contributed by atoms with Crippen LogP contribution in [0.25, 0.3) is 6.08 Å². The maximum Gasteiger partial charge on any atom is 0.0548 e. The number of rotatable bonds is 1. The van der Waals surface area contributed by atoms with Crippen LogP contribution in [0.2, 0.25) is 0 Å². The van der Waals surface area contributed by atoms with E-state index in [2.05, 4.69) is 41.6 Å². The van der Waals surface area contributed by atoms with Crippen LogP contribution in [-0.4, -0.2) is 4.57 Å². The molecule has 11 heavy (non-hydrogen) atoms. The fourth-order valence-corrected chi connectivity index (χ4v) is 1.50. The summed E-state index contributed by atoms with van der Waals surface area (Å²) in [5, 5.41) is 0. The molecule has 0 saturated carbocycles. The van der Waals surface area contributed by atoms with E-state index in [1.54, 1.807) is 0 Å². The molecule has 0 bridgehead atoms. The monoisotopic (exact) mass is 145 g/mol. The zero-order valence-corrected chi connectivity index (χ0v) is 6.40. The van der Waals surface area contributed by atoms with E-state index in [1.807, 2.05) is 6.08 Å². The van der Waals surface area contributed by atoms with Gasteiger partial charge >= 0.3 is 0 Å². The van der Waals surface area contributed by atoms with Crippen LogP contribution in [0.4, 0.5) is 0 Å². The number of allylic oxidation sites excluding steroid dienone is 2. The highest BCUT2D eigenvalue weighted by Gasteiger charge is 2.10. The molecule has 0 aromatic carbocycles. The molecule has 1 aromatic heterocycles. The molecule has 0 radical (unpaired) electrons. The highest BCUT2D eigenvalue weighted by Crippen LogP contribution is 2.22. The summed E-state index contributed by atoms with van der Waals surface area (Å²) >= 11 is 0. The summed E-state index contributed by atoms with van der Waals surface area (Å²) in [6.45, 7) is 3.81. The zero-order chi connectivity index (χ0) is 7.68. The highest BCUT2D eigenvalue weighted by molar-refractivity contribution is 5.48. The quantitative estimate of drug-likeness (QED) is 0.535. The third-order valence-corrected chi connectivity index (χ3v) is 2.11. The zero-order valence-electron chi connectivity index (χ0n) is 6.40. The molecule has 1 aliphatic heterocycles. The molecule has 0 amide bonds. The lowest BCUT2D eigenvalue weighted by atomic mass is 10.1. The molecule has 2 rings (SSSR count). The first-order chi connectivity index (χ1) is 5.42. The maximum atomic E-state index is 3.81. The van der Waals surface area contributed by atoms with Crippen molar-refractivity contribution in [1.82, 2.24) is 4.57 Å². The molecule has 0 aliphatic carbocycles. The Labute approximate surface area is 66.7 Å². The lowest BCUT2D eigenvalue weighted by Crippen LogP contribution is -2.08. The van der Waals surface area contributed by atoms with Gasteiger partial charge in [0.05, 0.1) is 6.04 Å². The first-order valence-electron chi connectivity index (χ1n) is 3.88. The Kier molecular flexibility index (Phi) is 1.42. The fourth-order valence-electron chi connectivity index (χ4n) is 1.50. The van der Waals surface area contributed by atoms with E-state index in [1.165, 1.54) is 5.69 Å². The van der Waals surface area contributed by atoms with Gasteiger partial charge in [0.2, 0.25) is 0 Å². The maximum absolute atomic E-state index is 3.81.